The van der Waals surface area contributed by atoms with Gasteiger partial charge in [-0.05, 0) is 68.5 Å². The molecule has 1 aliphatic heterocycles. The second-order valence-electron chi connectivity index (χ2n) is 7.95. The summed E-state index contributed by atoms with van der Waals surface area (Å²) in [4.78, 5) is 19.0. The zero-order chi connectivity index (χ0) is 21.1. The van der Waals surface area contributed by atoms with Gasteiger partial charge in [0.1, 0.15) is 11.6 Å². The number of ether oxygens (including phenoxy) is 1. The summed E-state index contributed by atoms with van der Waals surface area (Å²) < 4.78 is 8.19. The monoisotopic (exact) mass is 425 g/mol. The lowest BCUT2D eigenvalue weighted by Gasteiger charge is -2.24. The first kappa shape index (κ1) is 20.7. The average Bonchev–Trinajstić information content (AvgIpc) is 3.35. The highest BCUT2D eigenvalue weighted by Crippen LogP contribution is 2.33. The molecule has 0 saturated carbocycles. The van der Waals surface area contributed by atoms with Gasteiger partial charge >= 0.3 is 0 Å². The second-order valence-corrected chi connectivity index (χ2v) is 8.35. The van der Waals surface area contributed by atoms with Crippen molar-refractivity contribution in [3.8, 4) is 5.75 Å². The lowest BCUT2D eigenvalue weighted by Crippen LogP contribution is -2.30. The van der Waals surface area contributed by atoms with Crippen molar-refractivity contribution in [2.75, 3.05) is 13.2 Å². The molecule has 1 atom stereocenters. The highest BCUT2D eigenvalue weighted by molar-refractivity contribution is 6.31. The van der Waals surface area contributed by atoms with E-state index in [1.807, 2.05) is 48.2 Å². The molecule has 1 aromatic heterocycles. The molecule has 5 nitrogen and oxygen atoms in total. The van der Waals surface area contributed by atoms with Crippen LogP contribution in [0.15, 0.2) is 42.5 Å². The quantitative estimate of drug-likeness (QED) is 0.467. The summed E-state index contributed by atoms with van der Waals surface area (Å²) in [5.41, 5.74) is 3.16. The number of hydrogen-bond acceptors (Lipinski definition) is 3. The SMILES string of the molecule is CC(=O)N1CCC[C@H]1c1nc2ccccc2n1CCCCOc1ccc(Cl)c(C)c1. The highest BCUT2D eigenvalue weighted by atomic mass is 35.5. The molecule has 1 aliphatic rings. The van der Waals surface area contributed by atoms with E-state index in [1.54, 1.807) is 6.92 Å². The van der Waals surface area contributed by atoms with Crippen LogP contribution in [0.5, 0.6) is 5.75 Å². The number of benzene rings is 2. The fourth-order valence-corrected chi connectivity index (χ4v) is 4.38. The van der Waals surface area contributed by atoms with Crippen LogP contribution < -0.4 is 4.74 Å². The minimum Gasteiger partial charge on any atom is -0.494 e. The third kappa shape index (κ3) is 4.31. The van der Waals surface area contributed by atoms with Crippen molar-refractivity contribution in [1.82, 2.24) is 14.5 Å². The molecule has 1 fully saturated rings. The summed E-state index contributed by atoms with van der Waals surface area (Å²) in [6.07, 6.45) is 3.92. The van der Waals surface area contributed by atoms with E-state index in [2.05, 4.69) is 10.6 Å². The van der Waals surface area contributed by atoms with Gasteiger partial charge in [-0.2, -0.15) is 0 Å². The molecule has 3 aromatic rings. The molecule has 0 N–H and O–H groups in total. The lowest BCUT2D eigenvalue weighted by atomic mass is 10.2. The van der Waals surface area contributed by atoms with Crippen LogP contribution in [-0.2, 0) is 11.3 Å². The molecule has 0 bridgehead atoms. The fraction of sp³-hybridized carbons (Fsp3) is 0.417. The molecule has 2 heterocycles. The molecule has 0 radical (unpaired) electrons. The number of carbonyl (C=O) groups excluding carboxylic acids is 1. The van der Waals surface area contributed by atoms with Crippen LogP contribution in [0.4, 0.5) is 0 Å². The number of aromatic nitrogens is 2. The third-order valence-electron chi connectivity index (χ3n) is 5.81. The molecule has 0 aliphatic carbocycles. The van der Waals surface area contributed by atoms with Crippen LogP contribution in [0.1, 0.15) is 50.0 Å². The molecule has 0 spiro atoms. The Balaban J connectivity index is 1.44. The maximum absolute atomic E-state index is 12.1. The number of para-hydroxylation sites is 2. The third-order valence-corrected chi connectivity index (χ3v) is 6.24. The maximum atomic E-state index is 12.1. The van der Waals surface area contributed by atoms with Gasteiger partial charge in [-0.15, -0.1) is 0 Å². The van der Waals surface area contributed by atoms with Crippen LogP contribution in [0.25, 0.3) is 11.0 Å². The van der Waals surface area contributed by atoms with Crippen molar-refractivity contribution in [1.29, 1.82) is 0 Å². The number of rotatable bonds is 7. The number of aryl methyl sites for hydroxylation is 2. The first-order valence-electron chi connectivity index (χ1n) is 10.7. The summed E-state index contributed by atoms with van der Waals surface area (Å²) in [6.45, 7) is 5.97. The first-order valence-corrected chi connectivity index (χ1v) is 11.0. The van der Waals surface area contributed by atoms with Gasteiger partial charge in [0.15, 0.2) is 0 Å². The largest absolute Gasteiger partial charge is 0.494 e. The van der Waals surface area contributed by atoms with Crippen molar-refractivity contribution in [2.24, 2.45) is 0 Å². The molecule has 1 saturated heterocycles. The number of nitrogens with zero attached hydrogens (tertiary/aromatic N) is 3. The summed E-state index contributed by atoms with van der Waals surface area (Å²) in [5.74, 6) is 2.00. The van der Waals surface area contributed by atoms with Gasteiger partial charge in [0.25, 0.3) is 0 Å². The molecule has 1 amide bonds. The van der Waals surface area contributed by atoms with Gasteiger partial charge in [0.2, 0.25) is 5.91 Å². The van der Waals surface area contributed by atoms with Crippen LogP contribution in [-0.4, -0.2) is 33.5 Å². The van der Waals surface area contributed by atoms with Crippen LogP contribution in [0, 0.1) is 6.92 Å². The molecular formula is C24H28ClN3O2. The molecular weight excluding hydrogens is 398 g/mol. The fourth-order valence-electron chi connectivity index (χ4n) is 4.26. The Kier molecular flexibility index (Phi) is 6.28. The van der Waals surface area contributed by atoms with Gasteiger partial charge in [-0.1, -0.05) is 23.7 Å². The summed E-state index contributed by atoms with van der Waals surface area (Å²) in [7, 11) is 0. The van der Waals surface area contributed by atoms with Crippen molar-refractivity contribution in [2.45, 2.75) is 52.1 Å². The zero-order valence-corrected chi connectivity index (χ0v) is 18.4. The van der Waals surface area contributed by atoms with E-state index in [0.29, 0.717) is 6.61 Å². The van der Waals surface area contributed by atoms with Gasteiger partial charge in [-0.25, -0.2) is 4.98 Å². The minimum atomic E-state index is 0.0724. The van der Waals surface area contributed by atoms with Crippen LogP contribution >= 0.6 is 11.6 Å². The Morgan fingerprint density at radius 1 is 1.23 bits per heavy atom. The minimum absolute atomic E-state index is 0.0724. The summed E-state index contributed by atoms with van der Waals surface area (Å²) in [5, 5.41) is 0.758. The van der Waals surface area contributed by atoms with Gasteiger partial charge in [0, 0.05) is 25.0 Å². The summed E-state index contributed by atoms with van der Waals surface area (Å²) >= 11 is 6.08. The zero-order valence-electron chi connectivity index (χ0n) is 17.6. The molecule has 30 heavy (non-hydrogen) atoms. The van der Waals surface area contributed by atoms with E-state index >= 15 is 0 Å². The van der Waals surface area contributed by atoms with E-state index in [9.17, 15) is 4.79 Å². The van der Waals surface area contributed by atoms with Crippen LogP contribution in [0.3, 0.4) is 0 Å². The normalized spacial score (nSPS) is 16.4. The predicted molar refractivity (Wildman–Crippen MR) is 120 cm³/mol. The average molecular weight is 426 g/mol. The van der Waals surface area contributed by atoms with Crippen LogP contribution in [0.2, 0.25) is 5.02 Å². The number of likely N-dealkylation sites (tertiary alicyclic amines) is 1. The number of amides is 1. The molecule has 2 aromatic carbocycles. The van der Waals surface area contributed by atoms with Crippen molar-refractivity contribution >= 4 is 28.5 Å². The van der Waals surface area contributed by atoms with Gasteiger partial charge in [0.05, 0.1) is 23.7 Å². The Hall–Kier alpha value is -2.53. The number of halogens is 1. The highest BCUT2D eigenvalue weighted by Gasteiger charge is 2.31. The number of unbranched alkanes of at least 4 members (excludes halogenated alkanes) is 1. The number of hydrogen-bond donors (Lipinski definition) is 0. The number of imidazole rings is 1. The van der Waals surface area contributed by atoms with Gasteiger partial charge in [-0.3, -0.25) is 4.79 Å². The predicted octanol–water partition coefficient (Wildman–Crippen LogP) is 5.54. The van der Waals surface area contributed by atoms with E-state index < -0.39 is 0 Å². The first-order chi connectivity index (χ1) is 14.5. The van der Waals surface area contributed by atoms with Crippen molar-refractivity contribution < 1.29 is 9.53 Å². The standard InChI is InChI=1S/C24H28ClN3O2/c1-17-16-19(11-12-20(17)25)30-15-6-5-13-28-22-9-4-3-8-21(22)26-24(28)23-10-7-14-27(23)18(2)29/h3-4,8-9,11-12,16,23H,5-7,10,13-15H2,1-2H3/t23-/m0/s1. The Bertz CT molecular complexity index is 1050. The second kappa shape index (κ2) is 9.09. The molecule has 158 valence electrons. The summed E-state index contributed by atoms with van der Waals surface area (Å²) in [6, 6.07) is 14.1. The molecule has 0 unspecified atom stereocenters. The smallest absolute Gasteiger partial charge is 0.220 e. The Morgan fingerprint density at radius 3 is 2.87 bits per heavy atom. The van der Waals surface area contributed by atoms with E-state index in [4.69, 9.17) is 21.3 Å². The van der Waals surface area contributed by atoms with Crippen molar-refractivity contribution in [3.63, 3.8) is 0 Å². The molecule has 6 heteroatoms. The maximum Gasteiger partial charge on any atom is 0.220 e. The van der Waals surface area contributed by atoms with Gasteiger partial charge < -0.3 is 14.2 Å². The number of carbonyl (C=O) groups is 1. The van der Waals surface area contributed by atoms with E-state index in [0.717, 1.165) is 72.0 Å². The number of fused-ring (bicyclic) bond motifs is 1. The Morgan fingerprint density at radius 2 is 2.07 bits per heavy atom. The Labute approximate surface area is 182 Å². The lowest BCUT2D eigenvalue weighted by molar-refractivity contribution is -0.129. The topological polar surface area (TPSA) is 47.4 Å². The van der Waals surface area contributed by atoms with E-state index in [-0.39, 0.29) is 11.9 Å². The van der Waals surface area contributed by atoms with E-state index in [1.165, 1.54) is 0 Å². The van der Waals surface area contributed by atoms with Crippen molar-refractivity contribution in [3.05, 3.63) is 58.9 Å². The molecule has 4 rings (SSSR count).